The number of rotatable bonds is 3. The Bertz CT molecular complexity index is 628. The Balaban J connectivity index is 1.72. The summed E-state index contributed by atoms with van der Waals surface area (Å²) < 4.78 is 5.31. The van der Waals surface area contributed by atoms with Crippen LogP contribution in [0, 0.1) is 5.92 Å². The zero-order chi connectivity index (χ0) is 15.5. The third kappa shape index (κ3) is 2.67. The molecule has 0 bridgehead atoms. The SMILES string of the molecule is COC1C=CC=CC1NC(=O)C1=CNC2C=CC=CC2C1=O. The van der Waals surface area contributed by atoms with Crippen LogP contribution in [0.5, 0.6) is 0 Å². The normalized spacial score (nSPS) is 32.2. The van der Waals surface area contributed by atoms with E-state index in [2.05, 4.69) is 10.6 Å². The Morgan fingerprint density at radius 1 is 1.14 bits per heavy atom. The molecule has 2 aliphatic carbocycles. The number of hydrogen-bond acceptors (Lipinski definition) is 4. The van der Waals surface area contributed by atoms with Gasteiger partial charge >= 0.3 is 0 Å². The van der Waals surface area contributed by atoms with E-state index in [9.17, 15) is 9.59 Å². The van der Waals surface area contributed by atoms with Gasteiger partial charge in [0.25, 0.3) is 5.91 Å². The van der Waals surface area contributed by atoms with Gasteiger partial charge in [-0.15, -0.1) is 0 Å². The number of ether oxygens (including phenoxy) is 1. The van der Waals surface area contributed by atoms with Crippen LogP contribution >= 0.6 is 0 Å². The van der Waals surface area contributed by atoms with Crippen LogP contribution in [0.15, 0.2) is 60.4 Å². The second kappa shape index (κ2) is 6.15. The van der Waals surface area contributed by atoms with Gasteiger partial charge in [-0.1, -0.05) is 48.6 Å². The van der Waals surface area contributed by atoms with Gasteiger partial charge in [-0.2, -0.15) is 0 Å². The number of ketones is 1. The molecular formula is C17H18N2O3. The molecule has 2 N–H and O–H groups in total. The molecule has 114 valence electrons. The van der Waals surface area contributed by atoms with Crippen molar-refractivity contribution >= 4 is 11.7 Å². The molecule has 1 heterocycles. The van der Waals surface area contributed by atoms with Gasteiger partial charge in [0.05, 0.1) is 29.7 Å². The molecule has 22 heavy (non-hydrogen) atoms. The van der Waals surface area contributed by atoms with Gasteiger partial charge in [0.2, 0.25) is 0 Å². The zero-order valence-corrected chi connectivity index (χ0v) is 12.2. The maximum absolute atomic E-state index is 12.5. The summed E-state index contributed by atoms with van der Waals surface area (Å²) in [5.41, 5.74) is 0.152. The van der Waals surface area contributed by atoms with Crippen LogP contribution in [0.25, 0.3) is 0 Å². The van der Waals surface area contributed by atoms with E-state index in [1.807, 2.05) is 48.6 Å². The maximum atomic E-state index is 12.5. The van der Waals surface area contributed by atoms with Crippen molar-refractivity contribution in [2.45, 2.75) is 18.2 Å². The molecule has 5 heteroatoms. The van der Waals surface area contributed by atoms with Gasteiger partial charge in [-0.25, -0.2) is 0 Å². The number of fused-ring (bicyclic) bond motifs is 1. The molecule has 1 aliphatic heterocycles. The highest BCUT2D eigenvalue weighted by Crippen LogP contribution is 2.22. The minimum atomic E-state index is -0.383. The molecule has 0 aromatic rings. The third-order valence-corrected chi connectivity index (χ3v) is 4.02. The van der Waals surface area contributed by atoms with Crippen LogP contribution in [0.1, 0.15) is 0 Å². The summed E-state index contributed by atoms with van der Waals surface area (Å²) in [4.78, 5) is 24.9. The fourth-order valence-electron chi connectivity index (χ4n) is 2.80. The Kier molecular flexibility index (Phi) is 4.06. The third-order valence-electron chi connectivity index (χ3n) is 4.02. The zero-order valence-electron chi connectivity index (χ0n) is 12.2. The van der Waals surface area contributed by atoms with Gasteiger partial charge in [0.1, 0.15) is 0 Å². The van der Waals surface area contributed by atoms with E-state index in [0.717, 1.165) is 0 Å². The molecule has 0 aromatic heterocycles. The van der Waals surface area contributed by atoms with Crippen molar-refractivity contribution in [1.82, 2.24) is 10.6 Å². The van der Waals surface area contributed by atoms with Gasteiger partial charge in [0.15, 0.2) is 5.78 Å². The van der Waals surface area contributed by atoms with Crippen LogP contribution in [-0.4, -0.2) is 37.0 Å². The highest BCUT2D eigenvalue weighted by Gasteiger charge is 2.35. The molecule has 5 nitrogen and oxygen atoms in total. The Morgan fingerprint density at radius 2 is 1.86 bits per heavy atom. The average molecular weight is 298 g/mol. The lowest BCUT2D eigenvalue weighted by Crippen LogP contribution is -2.48. The van der Waals surface area contributed by atoms with Crippen LogP contribution in [0.3, 0.4) is 0 Å². The van der Waals surface area contributed by atoms with Crippen LogP contribution < -0.4 is 10.6 Å². The summed E-state index contributed by atoms with van der Waals surface area (Å²) >= 11 is 0. The first-order valence-electron chi connectivity index (χ1n) is 7.25. The summed E-state index contributed by atoms with van der Waals surface area (Å²) in [6.45, 7) is 0. The number of carbonyl (C=O) groups excluding carboxylic acids is 2. The van der Waals surface area contributed by atoms with Crippen molar-refractivity contribution in [2.75, 3.05) is 7.11 Å². The molecule has 0 spiro atoms. The first kappa shape index (κ1) is 14.5. The second-order valence-corrected chi connectivity index (χ2v) is 5.38. The van der Waals surface area contributed by atoms with Crippen LogP contribution in [0.2, 0.25) is 0 Å². The number of amides is 1. The largest absolute Gasteiger partial charge is 0.383 e. The van der Waals surface area contributed by atoms with E-state index >= 15 is 0 Å². The first-order chi connectivity index (χ1) is 10.7. The van der Waals surface area contributed by atoms with Crippen molar-refractivity contribution in [3.63, 3.8) is 0 Å². The molecule has 0 aromatic carbocycles. The Labute approximate surface area is 129 Å². The molecule has 0 saturated carbocycles. The lowest BCUT2D eigenvalue weighted by Gasteiger charge is -2.30. The quantitative estimate of drug-likeness (QED) is 0.756. The number of hydrogen-bond donors (Lipinski definition) is 2. The summed E-state index contributed by atoms with van der Waals surface area (Å²) in [6.07, 6.45) is 16.2. The van der Waals surface area contributed by atoms with Gasteiger partial charge < -0.3 is 15.4 Å². The summed E-state index contributed by atoms with van der Waals surface area (Å²) in [6, 6.07) is -0.353. The van der Waals surface area contributed by atoms with Crippen LogP contribution in [-0.2, 0) is 14.3 Å². The average Bonchev–Trinajstić information content (AvgIpc) is 2.56. The van der Waals surface area contributed by atoms with E-state index in [1.54, 1.807) is 7.11 Å². The Hall–Kier alpha value is -2.40. The smallest absolute Gasteiger partial charge is 0.256 e. The van der Waals surface area contributed by atoms with E-state index in [0.29, 0.717) is 0 Å². The predicted molar refractivity (Wildman–Crippen MR) is 82.8 cm³/mol. The number of allylic oxidation sites excluding steroid dienone is 4. The standard InChI is InChI=1S/C17H18N2O3/c1-22-15-9-5-4-8-14(15)19-17(21)12-10-18-13-7-3-2-6-11(13)16(12)20/h2-11,13-15,18H,1H3,(H,19,21). The van der Waals surface area contributed by atoms with Crippen molar-refractivity contribution in [1.29, 1.82) is 0 Å². The molecule has 3 aliphatic rings. The first-order valence-corrected chi connectivity index (χ1v) is 7.25. The molecule has 0 radical (unpaired) electrons. The van der Waals surface area contributed by atoms with Gasteiger partial charge in [-0.05, 0) is 0 Å². The number of nitrogens with one attached hydrogen (secondary N) is 2. The molecule has 0 fully saturated rings. The van der Waals surface area contributed by atoms with Gasteiger partial charge in [-0.3, -0.25) is 9.59 Å². The molecule has 1 amide bonds. The van der Waals surface area contributed by atoms with Crippen molar-refractivity contribution in [3.05, 3.63) is 60.4 Å². The molecule has 3 rings (SSSR count). The lowest BCUT2D eigenvalue weighted by atomic mass is 9.85. The van der Waals surface area contributed by atoms with Gasteiger partial charge in [0, 0.05) is 13.3 Å². The second-order valence-electron chi connectivity index (χ2n) is 5.38. The summed E-state index contributed by atoms with van der Waals surface area (Å²) in [5, 5.41) is 5.94. The molecular weight excluding hydrogens is 280 g/mol. The molecule has 4 unspecified atom stereocenters. The number of carbonyl (C=O) groups is 2. The Morgan fingerprint density at radius 3 is 2.68 bits per heavy atom. The fourth-order valence-corrected chi connectivity index (χ4v) is 2.80. The lowest BCUT2D eigenvalue weighted by molar-refractivity contribution is -0.125. The minimum absolute atomic E-state index is 0.0710. The molecule has 0 saturated heterocycles. The summed E-state index contributed by atoms with van der Waals surface area (Å²) in [7, 11) is 1.59. The van der Waals surface area contributed by atoms with E-state index in [1.165, 1.54) is 6.20 Å². The minimum Gasteiger partial charge on any atom is -0.383 e. The highest BCUT2D eigenvalue weighted by atomic mass is 16.5. The molecule has 4 atom stereocenters. The fraction of sp³-hybridized carbons (Fsp3) is 0.294. The van der Waals surface area contributed by atoms with Crippen molar-refractivity contribution in [3.8, 4) is 0 Å². The maximum Gasteiger partial charge on any atom is 0.256 e. The van der Waals surface area contributed by atoms with E-state index in [4.69, 9.17) is 4.74 Å². The van der Waals surface area contributed by atoms with E-state index in [-0.39, 0.29) is 41.4 Å². The van der Waals surface area contributed by atoms with Crippen molar-refractivity contribution in [2.24, 2.45) is 5.92 Å². The van der Waals surface area contributed by atoms with Crippen molar-refractivity contribution < 1.29 is 14.3 Å². The van der Waals surface area contributed by atoms with Crippen LogP contribution in [0.4, 0.5) is 0 Å². The predicted octanol–water partition coefficient (Wildman–Crippen LogP) is 0.779. The monoisotopic (exact) mass is 298 g/mol. The summed E-state index contributed by atoms with van der Waals surface area (Å²) in [5.74, 6) is -0.868. The number of Topliss-reactive ketones (excluding diaryl/α,β-unsaturated/α-hetero) is 1. The topological polar surface area (TPSA) is 67.4 Å². The highest BCUT2D eigenvalue weighted by molar-refractivity contribution is 6.21. The number of methoxy groups -OCH3 is 1. The van der Waals surface area contributed by atoms with E-state index < -0.39 is 0 Å².